The average Bonchev–Trinajstić information content (AvgIpc) is 3.02. The van der Waals surface area contributed by atoms with Gasteiger partial charge in [0.25, 0.3) is 5.56 Å². The van der Waals surface area contributed by atoms with Crippen LogP contribution in [0.4, 0.5) is 5.69 Å². The second-order valence-corrected chi connectivity index (χ2v) is 5.28. The lowest BCUT2D eigenvalue weighted by atomic mass is 10.2. The van der Waals surface area contributed by atoms with Crippen molar-refractivity contribution in [1.82, 2.24) is 9.13 Å². The summed E-state index contributed by atoms with van der Waals surface area (Å²) in [5, 5.41) is 11.8. The van der Waals surface area contributed by atoms with Gasteiger partial charge in [0, 0.05) is 17.9 Å². The molecule has 0 radical (unpaired) electrons. The van der Waals surface area contributed by atoms with E-state index in [-0.39, 0.29) is 5.56 Å². The second kappa shape index (κ2) is 5.93. The zero-order valence-electron chi connectivity index (χ0n) is 12.3. The molecule has 1 aromatic carbocycles. The molecule has 3 rings (SSSR count). The molecule has 0 saturated carbocycles. The van der Waals surface area contributed by atoms with Crippen molar-refractivity contribution in [1.29, 1.82) is 5.26 Å². The number of rotatable bonds is 3. The van der Waals surface area contributed by atoms with E-state index >= 15 is 0 Å². The van der Waals surface area contributed by atoms with Gasteiger partial charge < -0.3 is 5.32 Å². The monoisotopic (exact) mass is 310 g/mol. The molecule has 0 atom stereocenters. The highest BCUT2D eigenvalue weighted by molar-refractivity contribution is 5.90. The van der Waals surface area contributed by atoms with Crippen LogP contribution in [0.2, 0.25) is 0 Å². The van der Waals surface area contributed by atoms with Gasteiger partial charge in [-0.15, -0.1) is 0 Å². The Morgan fingerprint density at radius 3 is 2.70 bits per heavy atom. The lowest BCUT2D eigenvalue weighted by Crippen LogP contribution is -2.44. The quantitative estimate of drug-likeness (QED) is 0.891. The lowest BCUT2D eigenvalue weighted by Gasteiger charge is -2.11. The Morgan fingerprint density at radius 2 is 2.00 bits per heavy atom. The number of carbonyl (C=O) groups is 1. The van der Waals surface area contributed by atoms with Gasteiger partial charge in [-0.25, -0.2) is 9.36 Å². The van der Waals surface area contributed by atoms with Crippen LogP contribution in [0.15, 0.2) is 39.9 Å². The Bertz CT molecular complexity index is 919. The molecule has 1 aromatic heterocycles. The largest absolute Gasteiger partial charge is 0.331 e. The van der Waals surface area contributed by atoms with Gasteiger partial charge in [0.2, 0.25) is 5.91 Å². The van der Waals surface area contributed by atoms with Crippen molar-refractivity contribution in [3.63, 3.8) is 0 Å². The molecule has 2 aromatic rings. The van der Waals surface area contributed by atoms with E-state index in [2.05, 4.69) is 5.32 Å². The normalized spacial score (nSPS) is 12.5. The fourth-order valence-electron chi connectivity index (χ4n) is 2.75. The van der Waals surface area contributed by atoms with E-state index in [9.17, 15) is 19.6 Å². The van der Waals surface area contributed by atoms with Gasteiger partial charge in [-0.05, 0) is 25.0 Å². The van der Waals surface area contributed by atoms with Crippen molar-refractivity contribution < 1.29 is 4.79 Å². The first-order valence-corrected chi connectivity index (χ1v) is 7.23. The molecule has 23 heavy (non-hydrogen) atoms. The number of amides is 1. The molecule has 116 valence electrons. The topological polar surface area (TPSA) is 96.9 Å². The van der Waals surface area contributed by atoms with Crippen molar-refractivity contribution in [2.24, 2.45) is 0 Å². The predicted molar refractivity (Wildman–Crippen MR) is 83.1 cm³/mol. The average molecular weight is 310 g/mol. The molecule has 0 fully saturated rings. The predicted octanol–water partition coefficient (Wildman–Crippen LogP) is 0.467. The molecule has 1 aliphatic rings. The van der Waals surface area contributed by atoms with Crippen LogP contribution < -0.4 is 16.6 Å². The van der Waals surface area contributed by atoms with Crippen LogP contribution in [0.5, 0.6) is 0 Å². The van der Waals surface area contributed by atoms with Gasteiger partial charge in [-0.3, -0.25) is 14.2 Å². The zero-order valence-corrected chi connectivity index (χ0v) is 12.3. The molecular weight excluding hydrogens is 296 g/mol. The second-order valence-electron chi connectivity index (χ2n) is 5.28. The molecule has 0 bridgehead atoms. The molecule has 7 heteroatoms. The highest BCUT2D eigenvalue weighted by Gasteiger charge is 2.23. The third-order valence-corrected chi connectivity index (χ3v) is 3.80. The molecule has 2 heterocycles. The first-order valence-electron chi connectivity index (χ1n) is 7.23. The first kappa shape index (κ1) is 14.8. The van der Waals surface area contributed by atoms with Gasteiger partial charge in [0.1, 0.15) is 18.2 Å². The number of anilines is 1. The third-order valence-electron chi connectivity index (χ3n) is 3.80. The third kappa shape index (κ3) is 2.66. The zero-order chi connectivity index (χ0) is 16.4. The molecule has 7 nitrogen and oxygen atoms in total. The summed E-state index contributed by atoms with van der Waals surface area (Å²) in [6, 6.07) is 10.6. The number of carbonyl (C=O) groups excluding carboxylic acids is 1. The van der Waals surface area contributed by atoms with Crippen LogP contribution in [0.25, 0.3) is 0 Å². The van der Waals surface area contributed by atoms with E-state index in [1.54, 1.807) is 24.3 Å². The van der Waals surface area contributed by atoms with E-state index in [1.165, 1.54) is 4.57 Å². The van der Waals surface area contributed by atoms with E-state index in [4.69, 9.17) is 0 Å². The standard InChI is InChI=1S/C16H14N4O3/c17-9-12-13-7-4-8-19(13)16(23)20(15(12)22)10-14(21)18-11-5-2-1-3-6-11/h1-3,5-6H,4,7-8,10H2,(H,18,21). The van der Waals surface area contributed by atoms with Gasteiger partial charge in [0.15, 0.2) is 0 Å². The van der Waals surface area contributed by atoms with Crippen molar-refractivity contribution >= 4 is 11.6 Å². The van der Waals surface area contributed by atoms with Gasteiger partial charge in [-0.1, -0.05) is 18.2 Å². The highest BCUT2D eigenvalue weighted by Crippen LogP contribution is 2.13. The van der Waals surface area contributed by atoms with Crippen molar-refractivity contribution in [2.45, 2.75) is 25.9 Å². The minimum Gasteiger partial charge on any atom is -0.325 e. The number of hydrogen-bond donors (Lipinski definition) is 1. The molecule has 1 N–H and O–H groups in total. The number of benzene rings is 1. The molecule has 0 unspecified atom stereocenters. The van der Waals surface area contributed by atoms with E-state index in [0.29, 0.717) is 30.8 Å². The Kier molecular flexibility index (Phi) is 3.81. The van der Waals surface area contributed by atoms with Crippen LogP contribution in [0.3, 0.4) is 0 Å². The summed E-state index contributed by atoms with van der Waals surface area (Å²) in [4.78, 5) is 36.8. The first-order chi connectivity index (χ1) is 11.1. The summed E-state index contributed by atoms with van der Waals surface area (Å²) in [6.07, 6.45) is 1.24. The SMILES string of the molecule is N#Cc1c2n(c(=O)n(CC(=O)Nc3ccccc3)c1=O)CCC2. The summed E-state index contributed by atoms with van der Waals surface area (Å²) < 4.78 is 2.24. The maximum atomic E-state index is 12.4. The van der Waals surface area contributed by atoms with Crippen LogP contribution >= 0.6 is 0 Å². The number of hydrogen-bond acceptors (Lipinski definition) is 4. The number of nitrogens with zero attached hydrogens (tertiary/aromatic N) is 3. The minimum atomic E-state index is -0.700. The molecular formula is C16H14N4O3. The summed E-state index contributed by atoms with van der Waals surface area (Å²) >= 11 is 0. The van der Waals surface area contributed by atoms with Crippen molar-refractivity contribution in [2.75, 3.05) is 5.32 Å². The van der Waals surface area contributed by atoms with E-state index in [1.807, 2.05) is 12.1 Å². The van der Waals surface area contributed by atoms with Gasteiger partial charge in [0.05, 0.1) is 0 Å². The molecule has 0 saturated heterocycles. The summed E-state index contributed by atoms with van der Waals surface area (Å²) in [5.41, 5.74) is -0.234. The number of para-hydroxylation sites is 1. The molecule has 1 aliphatic heterocycles. The fraction of sp³-hybridized carbons (Fsp3) is 0.250. The Labute approximate surface area is 131 Å². The Hall–Kier alpha value is -3.14. The Balaban J connectivity index is 1.95. The van der Waals surface area contributed by atoms with Crippen LogP contribution in [-0.4, -0.2) is 15.0 Å². The van der Waals surface area contributed by atoms with Gasteiger partial charge in [-0.2, -0.15) is 5.26 Å². The fourth-order valence-corrected chi connectivity index (χ4v) is 2.75. The van der Waals surface area contributed by atoms with Gasteiger partial charge >= 0.3 is 5.69 Å². The molecule has 1 amide bonds. The van der Waals surface area contributed by atoms with Crippen LogP contribution in [0.1, 0.15) is 17.7 Å². The summed E-state index contributed by atoms with van der Waals surface area (Å²) in [6.45, 7) is 0.0466. The summed E-state index contributed by atoms with van der Waals surface area (Å²) in [5.74, 6) is -0.488. The number of nitrogens with one attached hydrogen (secondary N) is 1. The van der Waals surface area contributed by atoms with E-state index in [0.717, 1.165) is 4.57 Å². The Morgan fingerprint density at radius 1 is 1.26 bits per heavy atom. The van der Waals surface area contributed by atoms with E-state index < -0.39 is 23.7 Å². The lowest BCUT2D eigenvalue weighted by molar-refractivity contribution is -0.116. The van der Waals surface area contributed by atoms with Crippen LogP contribution in [-0.2, 0) is 24.3 Å². The molecule has 0 spiro atoms. The van der Waals surface area contributed by atoms with Crippen molar-refractivity contribution in [3.8, 4) is 6.07 Å². The number of fused-ring (bicyclic) bond motifs is 1. The minimum absolute atomic E-state index is 0.0467. The smallest absolute Gasteiger partial charge is 0.325 e. The van der Waals surface area contributed by atoms with Crippen molar-refractivity contribution in [3.05, 3.63) is 62.4 Å². The molecule has 0 aliphatic carbocycles. The number of nitriles is 1. The maximum absolute atomic E-state index is 12.4. The maximum Gasteiger partial charge on any atom is 0.331 e. The highest BCUT2D eigenvalue weighted by atomic mass is 16.2. The summed E-state index contributed by atoms with van der Waals surface area (Å²) in [7, 11) is 0. The van der Waals surface area contributed by atoms with Crippen LogP contribution in [0, 0.1) is 11.3 Å². The number of aromatic nitrogens is 2.